The molecule has 2 nitrogen and oxygen atoms in total. The first-order valence-corrected chi connectivity index (χ1v) is 5.11. The zero-order valence-electron chi connectivity index (χ0n) is 9.33. The van der Waals surface area contributed by atoms with E-state index in [4.69, 9.17) is 4.74 Å². The monoisotopic (exact) mass is 212 g/mol. The van der Waals surface area contributed by atoms with E-state index in [1.54, 1.807) is 19.1 Å². The Morgan fingerprint density at radius 1 is 1.33 bits per heavy atom. The maximum absolute atomic E-state index is 13.3. The molecule has 0 spiro atoms. The first kappa shape index (κ1) is 12.0. The van der Waals surface area contributed by atoms with Crippen molar-refractivity contribution >= 4 is 0 Å². The zero-order valence-corrected chi connectivity index (χ0v) is 9.33. The number of rotatable bonds is 4. The van der Waals surface area contributed by atoms with E-state index in [1.165, 1.54) is 6.07 Å². The molecule has 0 radical (unpaired) electrons. The molecule has 0 heterocycles. The molecular weight excluding hydrogens is 195 g/mol. The molecule has 15 heavy (non-hydrogen) atoms. The largest absolute Gasteiger partial charge is 0.490 e. The van der Waals surface area contributed by atoms with Crippen molar-refractivity contribution in [1.82, 2.24) is 0 Å². The van der Waals surface area contributed by atoms with E-state index in [1.807, 2.05) is 13.8 Å². The molecule has 0 bridgehead atoms. The van der Waals surface area contributed by atoms with Gasteiger partial charge in [-0.1, -0.05) is 19.9 Å². The summed E-state index contributed by atoms with van der Waals surface area (Å²) >= 11 is 0. The molecule has 1 aromatic carbocycles. The van der Waals surface area contributed by atoms with E-state index in [-0.39, 0.29) is 11.6 Å². The molecule has 3 heteroatoms. The molecular formula is C12H17FO2. The van der Waals surface area contributed by atoms with Crippen molar-refractivity contribution in [2.24, 2.45) is 5.92 Å². The Balaban J connectivity index is 2.81. The average Bonchev–Trinajstić information content (AvgIpc) is 2.16. The summed E-state index contributed by atoms with van der Waals surface area (Å²) in [6.45, 7) is 6.10. The Labute approximate surface area is 89.7 Å². The molecule has 0 unspecified atom stereocenters. The highest BCUT2D eigenvalue weighted by molar-refractivity contribution is 5.31. The molecule has 0 saturated heterocycles. The van der Waals surface area contributed by atoms with Gasteiger partial charge in [0.25, 0.3) is 0 Å². The number of halogens is 1. The van der Waals surface area contributed by atoms with Crippen LogP contribution in [0.15, 0.2) is 18.2 Å². The third-order valence-corrected chi connectivity index (χ3v) is 2.01. The summed E-state index contributed by atoms with van der Waals surface area (Å²) in [7, 11) is 0. The Morgan fingerprint density at radius 2 is 2.00 bits per heavy atom. The molecule has 0 aliphatic heterocycles. The van der Waals surface area contributed by atoms with Crippen molar-refractivity contribution in [1.29, 1.82) is 0 Å². The van der Waals surface area contributed by atoms with Gasteiger partial charge in [0.05, 0.1) is 12.7 Å². The van der Waals surface area contributed by atoms with Gasteiger partial charge >= 0.3 is 0 Å². The highest BCUT2D eigenvalue weighted by Crippen LogP contribution is 2.23. The number of ether oxygens (including phenoxy) is 1. The summed E-state index contributed by atoms with van der Waals surface area (Å²) < 4.78 is 18.6. The van der Waals surface area contributed by atoms with E-state index < -0.39 is 6.10 Å². The fourth-order valence-corrected chi connectivity index (χ4v) is 1.15. The number of hydrogen-bond acceptors (Lipinski definition) is 2. The molecule has 1 rings (SSSR count). The lowest BCUT2D eigenvalue weighted by Crippen LogP contribution is -2.06. The quantitative estimate of drug-likeness (QED) is 0.831. The van der Waals surface area contributed by atoms with Crippen LogP contribution >= 0.6 is 0 Å². The molecule has 84 valence electrons. The third-order valence-electron chi connectivity index (χ3n) is 2.01. The highest BCUT2D eigenvalue weighted by atomic mass is 19.1. The van der Waals surface area contributed by atoms with Gasteiger partial charge in [-0.3, -0.25) is 0 Å². The second kappa shape index (κ2) is 5.12. The summed E-state index contributed by atoms with van der Waals surface area (Å²) in [6, 6.07) is 4.42. The number of benzene rings is 1. The second-order valence-electron chi connectivity index (χ2n) is 4.07. The van der Waals surface area contributed by atoms with Gasteiger partial charge in [0, 0.05) is 0 Å². The van der Waals surface area contributed by atoms with Crippen LogP contribution in [0.3, 0.4) is 0 Å². The van der Waals surface area contributed by atoms with Crippen LogP contribution in [0.2, 0.25) is 0 Å². The average molecular weight is 212 g/mol. The van der Waals surface area contributed by atoms with Gasteiger partial charge in [0.15, 0.2) is 11.6 Å². The summed E-state index contributed by atoms with van der Waals surface area (Å²) in [5, 5.41) is 9.34. The van der Waals surface area contributed by atoms with E-state index >= 15 is 0 Å². The summed E-state index contributed by atoms with van der Waals surface area (Å²) in [4.78, 5) is 0. The minimum absolute atomic E-state index is 0.210. The van der Waals surface area contributed by atoms with Crippen molar-refractivity contribution in [3.63, 3.8) is 0 Å². The lowest BCUT2D eigenvalue weighted by molar-refractivity contribution is 0.197. The predicted molar refractivity (Wildman–Crippen MR) is 57.4 cm³/mol. The molecule has 1 N–H and O–H groups in total. The van der Waals surface area contributed by atoms with E-state index in [0.29, 0.717) is 18.1 Å². The Morgan fingerprint density at radius 3 is 2.53 bits per heavy atom. The smallest absolute Gasteiger partial charge is 0.165 e. The first-order chi connectivity index (χ1) is 7.00. The van der Waals surface area contributed by atoms with Crippen LogP contribution in [0.1, 0.15) is 32.4 Å². The van der Waals surface area contributed by atoms with E-state index in [0.717, 1.165) is 0 Å². The molecule has 0 aromatic heterocycles. The summed E-state index contributed by atoms with van der Waals surface area (Å²) in [5.74, 6) is 0.168. The molecule has 0 amide bonds. The van der Waals surface area contributed by atoms with Crippen molar-refractivity contribution in [2.75, 3.05) is 6.61 Å². The fourth-order valence-electron chi connectivity index (χ4n) is 1.15. The van der Waals surface area contributed by atoms with Crippen LogP contribution in [0, 0.1) is 11.7 Å². The van der Waals surface area contributed by atoms with Gasteiger partial charge in [-0.2, -0.15) is 0 Å². The van der Waals surface area contributed by atoms with Crippen LogP contribution in [0.5, 0.6) is 5.75 Å². The molecule has 0 saturated carbocycles. The first-order valence-electron chi connectivity index (χ1n) is 5.11. The lowest BCUT2D eigenvalue weighted by Gasteiger charge is -2.12. The molecule has 0 aliphatic carbocycles. The maximum atomic E-state index is 13.3. The van der Waals surface area contributed by atoms with Crippen molar-refractivity contribution in [3.05, 3.63) is 29.6 Å². The number of aliphatic hydroxyl groups is 1. The predicted octanol–water partition coefficient (Wildman–Crippen LogP) is 2.91. The van der Waals surface area contributed by atoms with Gasteiger partial charge in [-0.15, -0.1) is 0 Å². The molecule has 1 atom stereocenters. The second-order valence-corrected chi connectivity index (χ2v) is 4.07. The Kier molecular flexibility index (Phi) is 4.09. The summed E-state index contributed by atoms with van der Waals surface area (Å²) in [5.41, 5.74) is 0.662. The van der Waals surface area contributed by atoms with Gasteiger partial charge in [-0.05, 0) is 30.5 Å². The van der Waals surface area contributed by atoms with Crippen molar-refractivity contribution < 1.29 is 14.2 Å². The lowest BCUT2D eigenvalue weighted by atomic mass is 10.1. The van der Waals surface area contributed by atoms with Crippen molar-refractivity contribution in [3.8, 4) is 5.75 Å². The van der Waals surface area contributed by atoms with Crippen LogP contribution in [0.4, 0.5) is 4.39 Å². The Hall–Kier alpha value is -1.09. The third kappa shape index (κ3) is 3.51. The van der Waals surface area contributed by atoms with Crippen LogP contribution < -0.4 is 4.74 Å². The maximum Gasteiger partial charge on any atom is 0.165 e. The molecule has 0 fully saturated rings. The van der Waals surface area contributed by atoms with Crippen LogP contribution in [-0.2, 0) is 0 Å². The standard InChI is InChI=1S/C12H17FO2/c1-8(2)7-15-12-6-10(9(3)14)4-5-11(12)13/h4-6,8-9,14H,7H2,1-3H3/t9-/m0/s1. The van der Waals surface area contributed by atoms with Crippen LogP contribution in [-0.4, -0.2) is 11.7 Å². The van der Waals surface area contributed by atoms with E-state index in [9.17, 15) is 9.50 Å². The van der Waals surface area contributed by atoms with Gasteiger partial charge in [0.2, 0.25) is 0 Å². The van der Waals surface area contributed by atoms with Gasteiger partial charge in [0.1, 0.15) is 0 Å². The number of aliphatic hydroxyl groups excluding tert-OH is 1. The highest BCUT2D eigenvalue weighted by Gasteiger charge is 2.08. The molecule has 1 aromatic rings. The minimum Gasteiger partial charge on any atom is -0.490 e. The fraction of sp³-hybridized carbons (Fsp3) is 0.500. The topological polar surface area (TPSA) is 29.5 Å². The number of hydrogen-bond donors (Lipinski definition) is 1. The van der Waals surface area contributed by atoms with Crippen LogP contribution in [0.25, 0.3) is 0 Å². The Bertz CT molecular complexity index is 321. The van der Waals surface area contributed by atoms with Crippen molar-refractivity contribution in [2.45, 2.75) is 26.9 Å². The molecule has 0 aliphatic rings. The van der Waals surface area contributed by atoms with Gasteiger partial charge < -0.3 is 9.84 Å². The SMILES string of the molecule is CC(C)COc1cc([C@H](C)O)ccc1F. The van der Waals surface area contributed by atoms with E-state index in [2.05, 4.69) is 0 Å². The summed E-state index contributed by atoms with van der Waals surface area (Å²) in [6.07, 6.45) is -0.605. The normalized spacial score (nSPS) is 12.9. The van der Waals surface area contributed by atoms with Gasteiger partial charge in [-0.25, -0.2) is 4.39 Å². The minimum atomic E-state index is -0.605. The zero-order chi connectivity index (χ0) is 11.4.